The van der Waals surface area contributed by atoms with Crippen LogP contribution in [-0.4, -0.2) is 30.9 Å². The molecule has 19 heavy (non-hydrogen) atoms. The van der Waals surface area contributed by atoms with E-state index in [0.29, 0.717) is 28.9 Å². The molecule has 1 atom stereocenters. The molecule has 0 N–H and O–H groups in total. The van der Waals surface area contributed by atoms with Crippen LogP contribution in [0.2, 0.25) is 0 Å². The summed E-state index contributed by atoms with van der Waals surface area (Å²) in [5, 5.41) is 0.795. The summed E-state index contributed by atoms with van der Waals surface area (Å²) in [6.07, 6.45) is 0.528. The van der Waals surface area contributed by atoms with Crippen LogP contribution in [0.15, 0.2) is 22.7 Å². The minimum atomic E-state index is -0.419. The third kappa shape index (κ3) is 2.84. The predicted octanol–water partition coefficient (Wildman–Crippen LogP) is 2.98. The van der Waals surface area contributed by atoms with Crippen molar-refractivity contribution in [1.82, 2.24) is 0 Å². The van der Waals surface area contributed by atoms with E-state index >= 15 is 0 Å². The van der Waals surface area contributed by atoms with Gasteiger partial charge >= 0.3 is 5.97 Å². The highest BCUT2D eigenvalue weighted by atomic mass is 79.9. The largest absolute Gasteiger partial charge is 0.465 e. The molecule has 1 aliphatic heterocycles. The normalized spacial score (nSPS) is 18.8. The molecule has 1 fully saturated rings. The number of methoxy groups -OCH3 is 1. The van der Waals surface area contributed by atoms with Crippen LogP contribution < -0.4 is 4.90 Å². The summed E-state index contributed by atoms with van der Waals surface area (Å²) in [5.74, 6) is -0.0363. The lowest BCUT2D eigenvalue weighted by molar-refractivity contribution is -0.117. The maximum absolute atomic E-state index is 12.0. The molecule has 0 spiro atoms. The molecule has 1 aliphatic rings. The number of hydrogen-bond acceptors (Lipinski definition) is 3. The SMILES string of the molecule is COC(=O)c1cccc(N2CC(CBr)CC2=O)c1Br. The molecule has 1 aromatic carbocycles. The number of anilines is 1. The fourth-order valence-corrected chi connectivity index (χ4v) is 3.19. The van der Waals surface area contributed by atoms with E-state index in [1.165, 1.54) is 7.11 Å². The molecular weight excluding hydrogens is 378 g/mol. The van der Waals surface area contributed by atoms with E-state index in [2.05, 4.69) is 31.9 Å². The minimum Gasteiger partial charge on any atom is -0.465 e. The fourth-order valence-electron chi connectivity index (χ4n) is 2.11. The number of ether oxygens (including phenoxy) is 1. The lowest BCUT2D eigenvalue weighted by atomic mass is 10.1. The third-order valence-electron chi connectivity index (χ3n) is 3.10. The molecule has 1 unspecified atom stereocenters. The van der Waals surface area contributed by atoms with Gasteiger partial charge in [-0.15, -0.1) is 0 Å². The summed E-state index contributed by atoms with van der Waals surface area (Å²) in [5.41, 5.74) is 1.14. The second-order valence-electron chi connectivity index (χ2n) is 4.36. The van der Waals surface area contributed by atoms with Gasteiger partial charge < -0.3 is 9.64 Å². The van der Waals surface area contributed by atoms with Crippen molar-refractivity contribution in [2.24, 2.45) is 5.92 Å². The number of rotatable bonds is 3. The number of carbonyl (C=O) groups is 2. The van der Waals surface area contributed by atoms with Gasteiger partial charge in [0.25, 0.3) is 0 Å². The molecule has 0 bridgehead atoms. The average molecular weight is 391 g/mol. The average Bonchev–Trinajstić information content (AvgIpc) is 2.79. The standard InChI is InChI=1S/C13H13Br2NO3/c1-19-13(18)9-3-2-4-10(12(9)15)16-7-8(6-14)5-11(16)17/h2-4,8H,5-7H2,1H3. The van der Waals surface area contributed by atoms with Gasteiger partial charge in [-0.05, 0) is 34.0 Å². The van der Waals surface area contributed by atoms with Crippen LogP contribution in [-0.2, 0) is 9.53 Å². The molecule has 0 saturated carbocycles. The molecule has 0 aliphatic carbocycles. The number of halogens is 2. The summed E-state index contributed by atoms with van der Waals surface area (Å²) in [7, 11) is 1.34. The minimum absolute atomic E-state index is 0.0761. The Balaban J connectivity index is 2.36. The molecule has 2 rings (SSSR count). The van der Waals surface area contributed by atoms with Crippen molar-refractivity contribution in [2.45, 2.75) is 6.42 Å². The fraction of sp³-hybridized carbons (Fsp3) is 0.385. The van der Waals surface area contributed by atoms with Crippen molar-refractivity contribution >= 4 is 49.4 Å². The van der Waals surface area contributed by atoms with Crippen LogP contribution >= 0.6 is 31.9 Å². The molecule has 1 aromatic rings. The number of alkyl halides is 1. The Bertz CT molecular complexity index is 519. The highest BCUT2D eigenvalue weighted by molar-refractivity contribution is 9.10. The maximum Gasteiger partial charge on any atom is 0.339 e. The van der Waals surface area contributed by atoms with Crippen LogP contribution in [0.3, 0.4) is 0 Å². The number of carbonyl (C=O) groups excluding carboxylic acids is 2. The third-order valence-corrected chi connectivity index (χ3v) is 4.85. The molecule has 0 aromatic heterocycles. The second-order valence-corrected chi connectivity index (χ2v) is 5.80. The molecule has 0 radical (unpaired) electrons. The Kier molecular flexibility index (Phi) is 4.62. The van der Waals surface area contributed by atoms with E-state index in [4.69, 9.17) is 4.74 Å². The first-order chi connectivity index (χ1) is 9.08. The Labute approximate surface area is 128 Å². The van der Waals surface area contributed by atoms with Crippen LogP contribution in [0, 0.1) is 5.92 Å². The van der Waals surface area contributed by atoms with Gasteiger partial charge in [0.15, 0.2) is 0 Å². The van der Waals surface area contributed by atoms with Crippen molar-refractivity contribution in [1.29, 1.82) is 0 Å². The topological polar surface area (TPSA) is 46.6 Å². The highest BCUT2D eigenvalue weighted by Crippen LogP contribution is 2.34. The first kappa shape index (κ1) is 14.5. The summed E-state index contributed by atoms with van der Waals surface area (Å²) >= 11 is 6.80. The number of hydrogen-bond donors (Lipinski definition) is 0. The van der Waals surface area contributed by atoms with Gasteiger partial charge in [0.1, 0.15) is 0 Å². The first-order valence-corrected chi connectivity index (χ1v) is 7.73. The lowest BCUT2D eigenvalue weighted by Gasteiger charge is -2.19. The van der Waals surface area contributed by atoms with Gasteiger partial charge in [-0.3, -0.25) is 4.79 Å². The summed E-state index contributed by atoms with van der Waals surface area (Å²) in [6, 6.07) is 5.24. The molecule has 102 valence electrons. The second kappa shape index (κ2) is 6.05. The Morgan fingerprint density at radius 1 is 1.53 bits per heavy atom. The number of amides is 1. The number of esters is 1. The molecule has 1 amide bonds. The lowest BCUT2D eigenvalue weighted by Crippen LogP contribution is -2.25. The van der Waals surface area contributed by atoms with Gasteiger partial charge in [0.2, 0.25) is 5.91 Å². The van der Waals surface area contributed by atoms with E-state index in [1.54, 1.807) is 17.0 Å². The van der Waals surface area contributed by atoms with Crippen molar-refractivity contribution < 1.29 is 14.3 Å². The van der Waals surface area contributed by atoms with E-state index in [1.807, 2.05) is 6.07 Å². The van der Waals surface area contributed by atoms with E-state index in [-0.39, 0.29) is 5.91 Å². The van der Waals surface area contributed by atoms with Gasteiger partial charge in [0.05, 0.1) is 22.8 Å². The maximum atomic E-state index is 12.0. The van der Waals surface area contributed by atoms with E-state index in [0.717, 1.165) is 11.0 Å². The first-order valence-electron chi connectivity index (χ1n) is 5.81. The summed E-state index contributed by atoms with van der Waals surface area (Å²) in [4.78, 5) is 25.4. The van der Waals surface area contributed by atoms with Crippen LogP contribution in [0.4, 0.5) is 5.69 Å². The summed E-state index contributed by atoms with van der Waals surface area (Å²) < 4.78 is 5.33. The Hall–Kier alpha value is -0.880. The van der Waals surface area contributed by atoms with Gasteiger partial charge in [-0.25, -0.2) is 4.79 Å². The Morgan fingerprint density at radius 3 is 2.84 bits per heavy atom. The molecule has 1 heterocycles. The van der Waals surface area contributed by atoms with Crippen LogP contribution in [0.25, 0.3) is 0 Å². The van der Waals surface area contributed by atoms with E-state index < -0.39 is 5.97 Å². The molecular formula is C13H13Br2NO3. The van der Waals surface area contributed by atoms with Crippen molar-refractivity contribution in [3.05, 3.63) is 28.2 Å². The Morgan fingerprint density at radius 2 is 2.26 bits per heavy atom. The molecule has 1 saturated heterocycles. The summed E-state index contributed by atoms with van der Waals surface area (Å²) in [6.45, 7) is 0.660. The van der Waals surface area contributed by atoms with Crippen molar-refractivity contribution in [3.63, 3.8) is 0 Å². The van der Waals surface area contributed by atoms with E-state index in [9.17, 15) is 9.59 Å². The zero-order valence-electron chi connectivity index (χ0n) is 10.4. The van der Waals surface area contributed by atoms with Gasteiger partial charge in [-0.1, -0.05) is 22.0 Å². The highest BCUT2D eigenvalue weighted by Gasteiger charge is 2.31. The van der Waals surface area contributed by atoms with Gasteiger partial charge in [0, 0.05) is 18.3 Å². The van der Waals surface area contributed by atoms with Gasteiger partial charge in [-0.2, -0.15) is 0 Å². The quantitative estimate of drug-likeness (QED) is 0.588. The van der Waals surface area contributed by atoms with Crippen LogP contribution in [0.5, 0.6) is 0 Å². The van der Waals surface area contributed by atoms with Crippen LogP contribution in [0.1, 0.15) is 16.8 Å². The zero-order chi connectivity index (χ0) is 14.0. The molecule has 4 nitrogen and oxygen atoms in total. The number of nitrogens with zero attached hydrogens (tertiary/aromatic N) is 1. The molecule has 6 heteroatoms. The van der Waals surface area contributed by atoms with Crippen molar-refractivity contribution in [2.75, 3.05) is 23.9 Å². The van der Waals surface area contributed by atoms with Crippen molar-refractivity contribution in [3.8, 4) is 0 Å². The number of benzene rings is 1. The monoisotopic (exact) mass is 389 g/mol. The smallest absolute Gasteiger partial charge is 0.339 e. The predicted molar refractivity (Wildman–Crippen MR) is 79.7 cm³/mol. The zero-order valence-corrected chi connectivity index (χ0v) is 13.5.